The summed E-state index contributed by atoms with van der Waals surface area (Å²) in [7, 11) is 1.93. The predicted octanol–water partition coefficient (Wildman–Crippen LogP) is 1.32. The van der Waals surface area contributed by atoms with Gasteiger partial charge in [0.2, 0.25) is 5.91 Å². The van der Waals surface area contributed by atoms with Crippen molar-refractivity contribution in [1.29, 1.82) is 0 Å². The lowest BCUT2D eigenvalue weighted by atomic mass is 9.95. The molecule has 1 aliphatic carbocycles. The van der Waals surface area contributed by atoms with Crippen LogP contribution in [0.1, 0.15) is 24.0 Å². The van der Waals surface area contributed by atoms with E-state index in [0.717, 1.165) is 13.0 Å². The fraction of sp³-hybridized carbons (Fsp3) is 0.500. The first-order chi connectivity index (χ1) is 8.25. The lowest BCUT2D eigenvalue weighted by molar-refractivity contribution is -0.132. The number of nitrogens with zero attached hydrogens (tertiary/aromatic N) is 1. The lowest BCUT2D eigenvalue weighted by Gasteiger charge is -2.29. The zero-order valence-corrected chi connectivity index (χ0v) is 10.1. The molecule has 90 valence electrons. The summed E-state index contributed by atoms with van der Waals surface area (Å²) in [6.07, 6.45) is 3.17. The molecule has 1 aromatic carbocycles. The van der Waals surface area contributed by atoms with Gasteiger partial charge in [-0.1, -0.05) is 24.3 Å². The Kier molecular flexibility index (Phi) is 2.63. The normalized spacial score (nSPS) is 23.0. The van der Waals surface area contributed by atoms with E-state index in [1.807, 2.05) is 11.9 Å². The van der Waals surface area contributed by atoms with E-state index in [1.54, 1.807) is 0 Å². The molecule has 0 radical (unpaired) electrons. The minimum Gasteiger partial charge on any atom is -0.341 e. The number of hydrogen-bond donors (Lipinski definition) is 1. The van der Waals surface area contributed by atoms with E-state index >= 15 is 0 Å². The summed E-state index contributed by atoms with van der Waals surface area (Å²) < 4.78 is 0. The molecule has 1 heterocycles. The number of hydrogen-bond acceptors (Lipinski definition) is 2. The SMILES string of the molecule is CN(C(=O)[C@@H]1Cc2ccccc2CN1)C1CC1. The Morgan fingerprint density at radius 1 is 1.29 bits per heavy atom. The number of nitrogens with one attached hydrogen (secondary N) is 1. The third-order valence-electron chi connectivity index (χ3n) is 3.82. The standard InChI is InChI=1S/C14H18N2O/c1-16(12-6-7-12)14(17)13-8-10-4-2-3-5-11(10)9-15-13/h2-5,12-13,15H,6-9H2,1H3/t13-/m0/s1. The second-order valence-corrected chi connectivity index (χ2v) is 5.09. The number of fused-ring (bicyclic) bond motifs is 1. The maximum absolute atomic E-state index is 12.3. The minimum atomic E-state index is -0.0319. The monoisotopic (exact) mass is 230 g/mol. The van der Waals surface area contributed by atoms with E-state index in [1.165, 1.54) is 24.0 Å². The number of benzene rings is 1. The summed E-state index contributed by atoms with van der Waals surface area (Å²) in [5.41, 5.74) is 2.64. The van der Waals surface area contributed by atoms with Crippen LogP contribution in [0.2, 0.25) is 0 Å². The maximum Gasteiger partial charge on any atom is 0.240 e. The number of carbonyl (C=O) groups is 1. The molecule has 0 unspecified atom stereocenters. The van der Waals surface area contributed by atoms with Crippen molar-refractivity contribution in [2.24, 2.45) is 0 Å². The van der Waals surface area contributed by atoms with Gasteiger partial charge in [0.1, 0.15) is 0 Å². The first-order valence-corrected chi connectivity index (χ1v) is 6.32. The second kappa shape index (κ2) is 4.15. The van der Waals surface area contributed by atoms with Crippen molar-refractivity contribution < 1.29 is 4.79 Å². The molecular formula is C14H18N2O. The molecular weight excluding hydrogens is 212 g/mol. The summed E-state index contributed by atoms with van der Waals surface area (Å²) in [6, 6.07) is 8.84. The lowest BCUT2D eigenvalue weighted by Crippen LogP contribution is -2.48. The Morgan fingerprint density at radius 3 is 2.71 bits per heavy atom. The topological polar surface area (TPSA) is 32.3 Å². The zero-order chi connectivity index (χ0) is 11.8. The molecule has 0 spiro atoms. The molecule has 1 fully saturated rings. The van der Waals surface area contributed by atoms with Gasteiger partial charge in [0.05, 0.1) is 6.04 Å². The largest absolute Gasteiger partial charge is 0.341 e. The number of carbonyl (C=O) groups excluding carboxylic acids is 1. The molecule has 0 bridgehead atoms. The van der Waals surface area contributed by atoms with Crippen molar-refractivity contribution in [2.45, 2.75) is 37.9 Å². The average Bonchev–Trinajstić information content (AvgIpc) is 3.21. The van der Waals surface area contributed by atoms with Crippen molar-refractivity contribution >= 4 is 5.91 Å². The second-order valence-electron chi connectivity index (χ2n) is 5.09. The van der Waals surface area contributed by atoms with Crippen molar-refractivity contribution in [1.82, 2.24) is 10.2 Å². The summed E-state index contributed by atoms with van der Waals surface area (Å²) >= 11 is 0. The summed E-state index contributed by atoms with van der Waals surface area (Å²) in [5.74, 6) is 0.252. The zero-order valence-electron chi connectivity index (χ0n) is 10.1. The molecule has 1 aliphatic heterocycles. The van der Waals surface area contributed by atoms with E-state index in [4.69, 9.17) is 0 Å². The van der Waals surface area contributed by atoms with Crippen molar-refractivity contribution in [2.75, 3.05) is 7.05 Å². The number of amides is 1. The summed E-state index contributed by atoms with van der Waals surface area (Å²) in [4.78, 5) is 14.2. The minimum absolute atomic E-state index is 0.0319. The molecule has 1 amide bonds. The quantitative estimate of drug-likeness (QED) is 0.831. The van der Waals surface area contributed by atoms with Gasteiger partial charge in [-0.3, -0.25) is 4.79 Å². The van der Waals surface area contributed by atoms with Crippen LogP contribution in [0.4, 0.5) is 0 Å². The Bertz CT molecular complexity index is 440. The van der Waals surface area contributed by atoms with Crippen LogP contribution in [0, 0.1) is 0 Å². The molecule has 2 aliphatic rings. The molecule has 3 rings (SSSR count). The Morgan fingerprint density at radius 2 is 2.00 bits per heavy atom. The van der Waals surface area contributed by atoms with Gasteiger partial charge in [0.15, 0.2) is 0 Å². The highest BCUT2D eigenvalue weighted by Crippen LogP contribution is 2.27. The Balaban J connectivity index is 1.73. The predicted molar refractivity (Wildman–Crippen MR) is 66.6 cm³/mol. The van der Waals surface area contributed by atoms with E-state index in [9.17, 15) is 4.79 Å². The molecule has 17 heavy (non-hydrogen) atoms. The van der Waals surface area contributed by atoms with E-state index in [2.05, 4.69) is 29.6 Å². The van der Waals surface area contributed by atoms with Crippen LogP contribution in [0.15, 0.2) is 24.3 Å². The van der Waals surface area contributed by atoms with E-state index in [0.29, 0.717) is 6.04 Å². The average molecular weight is 230 g/mol. The van der Waals surface area contributed by atoms with Crippen LogP contribution < -0.4 is 5.32 Å². The molecule has 1 saturated carbocycles. The number of rotatable bonds is 2. The molecule has 1 aromatic rings. The van der Waals surface area contributed by atoms with Crippen LogP contribution >= 0.6 is 0 Å². The van der Waals surface area contributed by atoms with Gasteiger partial charge >= 0.3 is 0 Å². The fourth-order valence-electron chi connectivity index (χ4n) is 2.52. The molecule has 0 aromatic heterocycles. The van der Waals surface area contributed by atoms with Gasteiger partial charge in [-0.05, 0) is 30.4 Å². The highest BCUT2D eigenvalue weighted by Gasteiger charge is 2.34. The third kappa shape index (κ3) is 2.07. The Hall–Kier alpha value is -1.35. The van der Waals surface area contributed by atoms with E-state index in [-0.39, 0.29) is 11.9 Å². The molecule has 1 atom stereocenters. The van der Waals surface area contributed by atoms with Gasteiger partial charge in [0, 0.05) is 19.6 Å². The van der Waals surface area contributed by atoms with Crippen molar-refractivity contribution in [3.8, 4) is 0 Å². The van der Waals surface area contributed by atoms with Gasteiger partial charge in [0.25, 0.3) is 0 Å². The van der Waals surface area contributed by atoms with Crippen LogP contribution in [0.25, 0.3) is 0 Å². The van der Waals surface area contributed by atoms with Crippen molar-refractivity contribution in [3.05, 3.63) is 35.4 Å². The Labute approximate surface area is 102 Å². The summed E-state index contributed by atoms with van der Waals surface area (Å²) in [5, 5.41) is 3.35. The van der Waals surface area contributed by atoms with Gasteiger partial charge in [-0.15, -0.1) is 0 Å². The fourth-order valence-corrected chi connectivity index (χ4v) is 2.52. The molecule has 3 nitrogen and oxygen atoms in total. The third-order valence-corrected chi connectivity index (χ3v) is 3.82. The first-order valence-electron chi connectivity index (χ1n) is 6.32. The van der Waals surface area contributed by atoms with Gasteiger partial charge < -0.3 is 10.2 Å². The molecule has 1 N–H and O–H groups in total. The maximum atomic E-state index is 12.3. The van der Waals surface area contributed by atoms with Crippen LogP contribution in [0.3, 0.4) is 0 Å². The van der Waals surface area contributed by atoms with Gasteiger partial charge in [-0.2, -0.15) is 0 Å². The van der Waals surface area contributed by atoms with Crippen molar-refractivity contribution in [3.63, 3.8) is 0 Å². The highest BCUT2D eigenvalue weighted by atomic mass is 16.2. The summed E-state index contributed by atoms with van der Waals surface area (Å²) in [6.45, 7) is 0.811. The van der Waals surface area contributed by atoms with Gasteiger partial charge in [-0.25, -0.2) is 0 Å². The first kappa shape index (κ1) is 10.8. The van der Waals surface area contributed by atoms with E-state index < -0.39 is 0 Å². The van der Waals surface area contributed by atoms with Crippen LogP contribution in [-0.4, -0.2) is 29.9 Å². The van der Waals surface area contributed by atoms with Crippen LogP contribution in [0.5, 0.6) is 0 Å². The number of likely N-dealkylation sites (N-methyl/N-ethyl adjacent to an activating group) is 1. The molecule has 0 saturated heterocycles. The van der Waals surface area contributed by atoms with Crippen LogP contribution in [-0.2, 0) is 17.8 Å². The smallest absolute Gasteiger partial charge is 0.240 e. The molecule has 3 heteroatoms. The highest BCUT2D eigenvalue weighted by molar-refractivity contribution is 5.83.